The van der Waals surface area contributed by atoms with Crippen LogP contribution in [0.1, 0.15) is 25.7 Å². The van der Waals surface area contributed by atoms with Crippen LogP contribution in [-0.4, -0.2) is 41.5 Å². The van der Waals surface area contributed by atoms with Crippen molar-refractivity contribution in [3.05, 3.63) is 23.4 Å². The second kappa shape index (κ2) is 6.04. The van der Waals surface area contributed by atoms with Gasteiger partial charge in [-0.05, 0) is 24.8 Å². The van der Waals surface area contributed by atoms with Gasteiger partial charge >= 0.3 is 0 Å². The lowest BCUT2D eigenvalue weighted by atomic mass is 10.0. The van der Waals surface area contributed by atoms with Crippen molar-refractivity contribution in [2.24, 2.45) is 0 Å². The van der Waals surface area contributed by atoms with Gasteiger partial charge in [-0.3, -0.25) is 4.79 Å². The van der Waals surface area contributed by atoms with E-state index in [1.807, 2.05) is 17.5 Å². The van der Waals surface area contributed by atoms with Crippen molar-refractivity contribution in [1.82, 2.24) is 15.5 Å². The first-order chi connectivity index (χ1) is 10.9. The van der Waals surface area contributed by atoms with Gasteiger partial charge in [-0.1, -0.05) is 11.2 Å². The fourth-order valence-corrected chi connectivity index (χ4v) is 5.33. The van der Waals surface area contributed by atoms with Crippen LogP contribution in [0.15, 0.2) is 22.0 Å². The molecule has 1 atom stereocenters. The van der Waals surface area contributed by atoms with E-state index in [9.17, 15) is 13.2 Å². The molecule has 2 aromatic heterocycles. The molecule has 3 rings (SSSR count). The van der Waals surface area contributed by atoms with Crippen molar-refractivity contribution in [1.29, 1.82) is 0 Å². The van der Waals surface area contributed by atoms with Crippen LogP contribution in [0.4, 0.5) is 0 Å². The molecule has 1 N–H and O–H groups in total. The van der Waals surface area contributed by atoms with E-state index in [0.29, 0.717) is 24.6 Å². The minimum Gasteiger partial charge on any atom is -0.350 e. The van der Waals surface area contributed by atoms with Crippen LogP contribution in [0, 0.1) is 0 Å². The lowest BCUT2D eigenvalue weighted by molar-refractivity contribution is -0.122. The Morgan fingerprint density at radius 2 is 2.35 bits per heavy atom. The third kappa shape index (κ3) is 3.97. The molecular formula is C14H17N3O4S2. The SMILES string of the molecule is C[C@]1(NC(=O)CCc2nc(-c3cccs3)no2)CCS(=O)(=O)C1. The first-order valence-electron chi connectivity index (χ1n) is 7.23. The zero-order valence-electron chi connectivity index (χ0n) is 12.6. The van der Waals surface area contributed by atoms with Gasteiger partial charge in [-0.25, -0.2) is 8.42 Å². The Bertz CT molecular complexity index is 798. The first kappa shape index (κ1) is 16.1. The smallest absolute Gasteiger partial charge is 0.227 e. The highest BCUT2D eigenvalue weighted by atomic mass is 32.2. The molecule has 7 nitrogen and oxygen atoms in total. The van der Waals surface area contributed by atoms with Gasteiger partial charge in [0, 0.05) is 12.8 Å². The van der Waals surface area contributed by atoms with Crippen LogP contribution in [0.5, 0.6) is 0 Å². The number of thiophene rings is 1. The Kier molecular flexibility index (Phi) is 4.24. The fraction of sp³-hybridized carbons (Fsp3) is 0.500. The minimum atomic E-state index is -3.04. The molecule has 23 heavy (non-hydrogen) atoms. The van der Waals surface area contributed by atoms with Gasteiger partial charge in [-0.15, -0.1) is 11.3 Å². The quantitative estimate of drug-likeness (QED) is 0.870. The molecule has 2 aromatic rings. The van der Waals surface area contributed by atoms with Crippen LogP contribution in [0.3, 0.4) is 0 Å². The summed E-state index contributed by atoms with van der Waals surface area (Å²) in [7, 11) is -3.04. The molecular weight excluding hydrogens is 338 g/mol. The number of carbonyl (C=O) groups excluding carboxylic acids is 1. The van der Waals surface area contributed by atoms with E-state index in [-0.39, 0.29) is 23.8 Å². The molecule has 0 unspecified atom stereocenters. The summed E-state index contributed by atoms with van der Waals surface area (Å²) in [5.74, 6) is 0.823. The minimum absolute atomic E-state index is 0.00514. The summed E-state index contributed by atoms with van der Waals surface area (Å²) in [6, 6.07) is 3.80. The fourth-order valence-electron chi connectivity index (χ4n) is 2.59. The summed E-state index contributed by atoms with van der Waals surface area (Å²) in [4.78, 5) is 17.2. The maximum Gasteiger partial charge on any atom is 0.227 e. The monoisotopic (exact) mass is 355 g/mol. The number of nitrogens with one attached hydrogen (secondary N) is 1. The van der Waals surface area contributed by atoms with E-state index < -0.39 is 15.4 Å². The van der Waals surface area contributed by atoms with Crippen molar-refractivity contribution in [2.45, 2.75) is 31.7 Å². The summed E-state index contributed by atoms with van der Waals surface area (Å²) < 4.78 is 28.2. The van der Waals surface area contributed by atoms with Crippen LogP contribution >= 0.6 is 11.3 Å². The predicted molar refractivity (Wildman–Crippen MR) is 85.8 cm³/mol. The molecule has 0 spiro atoms. The standard InChI is InChI=1S/C14H17N3O4S2/c1-14(6-8-23(19,20)9-14)16-11(18)4-5-12-15-13(17-21-12)10-3-2-7-22-10/h2-3,7H,4-6,8-9H2,1H3,(H,16,18)/t14-/m0/s1. The van der Waals surface area contributed by atoms with E-state index in [2.05, 4.69) is 15.5 Å². The van der Waals surface area contributed by atoms with E-state index in [1.54, 1.807) is 6.92 Å². The average molecular weight is 355 g/mol. The van der Waals surface area contributed by atoms with Crippen LogP contribution in [-0.2, 0) is 21.1 Å². The third-order valence-corrected chi connectivity index (χ3v) is 6.49. The van der Waals surface area contributed by atoms with Crippen LogP contribution in [0.2, 0.25) is 0 Å². The molecule has 1 fully saturated rings. The van der Waals surface area contributed by atoms with E-state index in [4.69, 9.17) is 4.52 Å². The zero-order valence-corrected chi connectivity index (χ0v) is 14.2. The maximum absolute atomic E-state index is 12.0. The lowest BCUT2D eigenvalue weighted by Gasteiger charge is -2.23. The molecule has 124 valence electrons. The molecule has 0 bridgehead atoms. The lowest BCUT2D eigenvalue weighted by Crippen LogP contribution is -2.47. The number of nitrogens with zero attached hydrogens (tertiary/aromatic N) is 2. The first-order valence-corrected chi connectivity index (χ1v) is 9.93. The highest BCUT2D eigenvalue weighted by Gasteiger charge is 2.39. The largest absolute Gasteiger partial charge is 0.350 e. The van der Waals surface area contributed by atoms with Crippen molar-refractivity contribution >= 4 is 27.1 Å². The molecule has 0 aromatic carbocycles. The van der Waals surface area contributed by atoms with Crippen LogP contribution in [0.25, 0.3) is 10.7 Å². The van der Waals surface area contributed by atoms with E-state index >= 15 is 0 Å². The summed E-state index contributed by atoms with van der Waals surface area (Å²) >= 11 is 1.51. The topological polar surface area (TPSA) is 102 Å². The number of hydrogen-bond acceptors (Lipinski definition) is 7. The number of amides is 1. The van der Waals surface area contributed by atoms with Crippen molar-refractivity contribution in [3.63, 3.8) is 0 Å². The molecule has 0 aliphatic carbocycles. The molecule has 1 aliphatic heterocycles. The van der Waals surface area contributed by atoms with Gasteiger partial charge in [-0.2, -0.15) is 4.98 Å². The van der Waals surface area contributed by atoms with Gasteiger partial charge < -0.3 is 9.84 Å². The molecule has 0 radical (unpaired) electrons. The molecule has 1 saturated heterocycles. The van der Waals surface area contributed by atoms with Crippen molar-refractivity contribution in [3.8, 4) is 10.7 Å². The number of sulfone groups is 1. The van der Waals surface area contributed by atoms with E-state index in [1.165, 1.54) is 11.3 Å². The molecule has 0 saturated carbocycles. The highest BCUT2D eigenvalue weighted by Crippen LogP contribution is 2.23. The second-order valence-electron chi connectivity index (χ2n) is 5.94. The van der Waals surface area contributed by atoms with E-state index in [0.717, 1.165) is 4.88 Å². The number of aromatic nitrogens is 2. The Balaban J connectivity index is 1.54. The van der Waals surface area contributed by atoms with Gasteiger partial charge in [0.1, 0.15) is 0 Å². The Morgan fingerprint density at radius 3 is 3.00 bits per heavy atom. The summed E-state index contributed by atoms with van der Waals surface area (Å²) in [5.41, 5.74) is -0.674. The van der Waals surface area contributed by atoms with Gasteiger partial charge in [0.05, 0.1) is 21.9 Å². The normalized spacial score (nSPS) is 23.0. The Morgan fingerprint density at radius 1 is 1.52 bits per heavy atom. The molecule has 1 amide bonds. The average Bonchev–Trinajstić information content (AvgIpc) is 3.17. The summed E-state index contributed by atoms with van der Waals surface area (Å²) in [6.07, 6.45) is 0.957. The predicted octanol–water partition coefficient (Wildman–Crippen LogP) is 1.42. The maximum atomic E-state index is 12.0. The number of aryl methyl sites for hydroxylation is 1. The van der Waals surface area contributed by atoms with Gasteiger partial charge in [0.15, 0.2) is 9.84 Å². The van der Waals surface area contributed by atoms with Gasteiger partial charge in [0.2, 0.25) is 17.6 Å². The van der Waals surface area contributed by atoms with Crippen molar-refractivity contribution in [2.75, 3.05) is 11.5 Å². The highest BCUT2D eigenvalue weighted by molar-refractivity contribution is 7.91. The van der Waals surface area contributed by atoms with Crippen molar-refractivity contribution < 1.29 is 17.7 Å². The Hall–Kier alpha value is -1.74. The molecule has 1 aliphatic rings. The Labute approximate surface area is 138 Å². The number of carbonyl (C=O) groups is 1. The number of hydrogen-bond donors (Lipinski definition) is 1. The third-order valence-electron chi connectivity index (χ3n) is 3.72. The summed E-state index contributed by atoms with van der Waals surface area (Å²) in [5, 5.41) is 8.62. The van der Waals surface area contributed by atoms with Crippen LogP contribution < -0.4 is 5.32 Å². The van der Waals surface area contributed by atoms with Gasteiger partial charge in [0.25, 0.3) is 0 Å². The molecule has 3 heterocycles. The zero-order chi connectivity index (χ0) is 16.5. The summed E-state index contributed by atoms with van der Waals surface area (Å²) in [6.45, 7) is 1.76. The molecule has 9 heteroatoms. The second-order valence-corrected chi connectivity index (χ2v) is 9.07. The number of rotatable bonds is 5.